The van der Waals surface area contributed by atoms with Crippen molar-refractivity contribution in [1.29, 1.82) is 0 Å². The van der Waals surface area contributed by atoms with Crippen LogP contribution in [0, 0.1) is 5.82 Å². The summed E-state index contributed by atoms with van der Waals surface area (Å²) in [6.45, 7) is 4.03. The highest BCUT2D eigenvalue weighted by molar-refractivity contribution is 5.99. The third kappa shape index (κ3) is 3.09. The SMILES string of the molecule is C=CCCNC(=O)c1ccc(F)cc1N. The molecule has 1 amide bonds. The number of hydrogen-bond donors (Lipinski definition) is 2. The van der Waals surface area contributed by atoms with Crippen LogP contribution in [0.4, 0.5) is 10.1 Å². The predicted octanol–water partition coefficient (Wildman–Crippen LogP) is 1.71. The second-order valence-electron chi connectivity index (χ2n) is 3.06. The Morgan fingerprint density at radius 1 is 1.60 bits per heavy atom. The monoisotopic (exact) mass is 208 g/mol. The Morgan fingerprint density at radius 2 is 2.33 bits per heavy atom. The highest BCUT2D eigenvalue weighted by atomic mass is 19.1. The molecule has 15 heavy (non-hydrogen) atoms. The third-order valence-corrected chi connectivity index (χ3v) is 1.89. The van der Waals surface area contributed by atoms with Gasteiger partial charge in [-0.3, -0.25) is 4.79 Å². The first-order valence-corrected chi connectivity index (χ1v) is 4.59. The van der Waals surface area contributed by atoms with Gasteiger partial charge in [0.15, 0.2) is 0 Å². The van der Waals surface area contributed by atoms with E-state index in [2.05, 4.69) is 11.9 Å². The summed E-state index contributed by atoms with van der Waals surface area (Å²) in [6, 6.07) is 3.70. The number of amides is 1. The van der Waals surface area contributed by atoms with Gasteiger partial charge in [-0.15, -0.1) is 6.58 Å². The summed E-state index contributed by atoms with van der Waals surface area (Å²) in [5.74, 6) is -0.746. The van der Waals surface area contributed by atoms with Crippen molar-refractivity contribution < 1.29 is 9.18 Å². The fraction of sp³-hybridized carbons (Fsp3) is 0.182. The molecule has 0 bridgehead atoms. The van der Waals surface area contributed by atoms with E-state index in [9.17, 15) is 9.18 Å². The topological polar surface area (TPSA) is 55.1 Å². The summed E-state index contributed by atoms with van der Waals surface area (Å²) >= 11 is 0. The Balaban J connectivity index is 2.69. The Labute approximate surface area is 87.8 Å². The molecule has 0 aliphatic carbocycles. The van der Waals surface area contributed by atoms with E-state index in [0.29, 0.717) is 18.5 Å². The summed E-state index contributed by atoms with van der Waals surface area (Å²) in [5.41, 5.74) is 5.94. The summed E-state index contributed by atoms with van der Waals surface area (Å²) < 4.78 is 12.7. The van der Waals surface area contributed by atoms with E-state index in [1.807, 2.05) is 0 Å². The Hall–Kier alpha value is -1.84. The van der Waals surface area contributed by atoms with Crippen LogP contribution in [0.5, 0.6) is 0 Å². The number of nitrogens with two attached hydrogens (primary N) is 1. The number of carbonyl (C=O) groups excluding carboxylic acids is 1. The summed E-state index contributed by atoms with van der Waals surface area (Å²) in [7, 11) is 0. The first-order valence-electron chi connectivity index (χ1n) is 4.59. The lowest BCUT2D eigenvalue weighted by Gasteiger charge is -2.06. The molecule has 0 spiro atoms. The van der Waals surface area contributed by atoms with Gasteiger partial charge in [0.1, 0.15) is 5.82 Å². The number of anilines is 1. The molecule has 0 aliphatic rings. The number of halogens is 1. The standard InChI is InChI=1S/C11H13FN2O/c1-2-3-6-14-11(15)9-5-4-8(12)7-10(9)13/h2,4-5,7H,1,3,6,13H2,(H,14,15). The van der Waals surface area contributed by atoms with Crippen LogP contribution in [-0.2, 0) is 0 Å². The van der Waals surface area contributed by atoms with Crippen LogP contribution in [0.1, 0.15) is 16.8 Å². The predicted molar refractivity (Wildman–Crippen MR) is 58.0 cm³/mol. The van der Waals surface area contributed by atoms with E-state index in [1.165, 1.54) is 12.1 Å². The molecule has 0 atom stereocenters. The minimum atomic E-state index is -0.449. The number of rotatable bonds is 4. The lowest BCUT2D eigenvalue weighted by molar-refractivity contribution is 0.0955. The molecule has 0 fully saturated rings. The van der Waals surface area contributed by atoms with Crippen LogP contribution < -0.4 is 11.1 Å². The average molecular weight is 208 g/mol. The minimum Gasteiger partial charge on any atom is -0.398 e. The van der Waals surface area contributed by atoms with Crippen molar-refractivity contribution in [2.24, 2.45) is 0 Å². The molecule has 4 heteroatoms. The highest BCUT2D eigenvalue weighted by Gasteiger charge is 2.08. The lowest BCUT2D eigenvalue weighted by Crippen LogP contribution is -2.25. The largest absolute Gasteiger partial charge is 0.398 e. The van der Waals surface area contributed by atoms with E-state index in [-0.39, 0.29) is 11.6 Å². The molecule has 1 rings (SSSR count). The van der Waals surface area contributed by atoms with Gasteiger partial charge in [0.05, 0.1) is 5.56 Å². The maximum absolute atomic E-state index is 12.7. The van der Waals surface area contributed by atoms with Gasteiger partial charge in [-0.25, -0.2) is 4.39 Å². The summed E-state index contributed by atoms with van der Waals surface area (Å²) in [6.07, 6.45) is 2.39. The number of hydrogen-bond acceptors (Lipinski definition) is 2. The van der Waals surface area contributed by atoms with Crippen molar-refractivity contribution in [2.75, 3.05) is 12.3 Å². The van der Waals surface area contributed by atoms with Gasteiger partial charge in [-0.2, -0.15) is 0 Å². The van der Waals surface area contributed by atoms with Crippen LogP contribution in [-0.4, -0.2) is 12.5 Å². The summed E-state index contributed by atoms with van der Waals surface area (Å²) in [4.78, 5) is 11.5. The van der Waals surface area contributed by atoms with E-state index < -0.39 is 5.82 Å². The highest BCUT2D eigenvalue weighted by Crippen LogP contribution is 2.12. The third-order valence-electron chi connectivity index (χ3n) is 1.89. The fourth-order valence-electron chi connectivity index (χ4n) is 1.12. The van der Waals surface area contributed by atoms with Gasteiger partial charge < -0.3 is 11.1 Å². The van der Waals surface area contributed by atoms with E-state index in [1.54, 1.807) is 6.08 Å². The van der Waals surface area contributed by atoms with E-state index in [0.717, 1.165) is 6.07 Å². The van der Waals surface area contributed by atoms with Crippen LogP contribution >= 0.6 is 0 Å². The van der Waals surface area contributed by atoms with Gasteiger partial charge in [0, 0.05) is 12.2 Å². The van der Waals surface area contributed by atoms with Crippen LogP contribution in [0.15, 0.2) is 30.9 Å². The molecule has 0 saturated heterocycles. The fourth-order valence-corrected chi connectivity index (χ4v) is 1.12. The maximum atomic E-state index is 12.7. The summed E-state index contributed by atoms with van der Waals surface area (Å²) in [5, 5.41) is 2.65. The van der Waals surface area contributed by atoms with Crippen LogP contribution in [0.25, 0.3) is 0 Å². The molecule has 1 aromatic rings. The van der Waals surface area contributed by atoms with Crippen molar-refractivity contribution in [3.8, 4) is 0 Å². The van der Waals surface area contributed by atoms with Crippen LogP contribution in [0.2, 0.25) is 0 Å². The van der Waals surface area contributed by atoms with Gasteiger partial charge in [-0.1, -0.05) is 6.08 Å². The normalized spacial score (nSPS) is 9.67. The quantitative estimate of drug-likeness (QED) is 0.449. The van der Waals surface area contributed by atoms with Gasteiger partial charge >= 0.3 is 0 Å². The van der Waals surface area contributed by atoms with Gasteiger partial charge in [0.25, 0.3) is 5.91 Å². The second kappa shape index (κ2) is 5.14. The Morgan fingerprint density at radius 3 is 2.93 bits per heavy atom. The van der Waals surface area contributed by atoms with Crippen molar-refractivity contribution in [3.63, 3.8) is 0 Å². The zero-order chi connectivity index (χ0) is 11.3. The minimum absolute atomic E-state index is 0.145. The second-order valence-corrected chi connectivity index (χ2v) is 3.06. The van der Waals surface area contributed by atoms with Crippen LogP contribution in [0.3, 0.4) is 0 Å². The number of nitrogens with one attached hydrogen (secondary N) is 1. The lowest BCUT2D eigenvalue weighted by atomic mass is 10.1. The molecule has 80 valence electrons. The number of benzene rings is 1. The van der Waals surface area contributed by atoms with Crippen molar-refractivity contribution in [1.82, 2.24) is 5.32 Å². The van der Waals surface area contributed by atoms with Crippen molar-refractivity contribution in [2.45, 2.75) is 6.42 Å². The van der Waals surface area contributed by atoms with Gasteiger partial charge in [0.2, 0.25) is 0 Å². The molecular formula is C11H13FN2O. The molecule has 0 saturated carbocycles. The molecular weight excluding hydrogens is 195 g/mol. The zero-order valence-electron chi connectivity index (χ0n) is 8.29. The Bertz CT molecular complexity index is 377. The average Bonchev–Trinajstić information content (AvgIpc) is 2.17. The van der Waals surface area contributed by atoms with Crippen molar-refractivity contribution in [3.05, 3.63) is 42.2 Å². The van der Waals surface area contributed by atoms with Crippen molar-refractivity contribution >= 4 is 11.6 Å². The Kier molecular flexibility index (Phi) is 3.85. The van der Waals surface area contributed by atoms with E-state index >= 15 is 0 Å². The molecule has 0 aliphatic heterocycles. The maximum Gasteiger partial charge on any atom is 0.253 e. The smallest absolute Gasteiger partial charge is 0.253 e. The number of carbonyl (C=O) groups is 1. The van der Waals surface area contributed by atoms with E-state index in [4.69, 9.17) is 5.73 Å². The first kappa shape index (κ1) is 11.2. The molecule has 0 aromatic heterocycles. The number of nitrogen functional groups attached to an aromatic ring is 1. The zero-order valence-corrected chi connectivity index (χ0v) is 8.29. The molecule has 0 radical (unpaired) electrons. The molecule has 1 aromatic carbocycles. The molecule has 3 nitrogen and oxygen atoms in total. The van der Waals surface area contributed by atoms with Gasteiger partial charge in [-0.05, 0) is 24.6 Å². The molecule has 3 N–H and O–H groups in total. The first-order chi connectivity index (χ1) is 7.15. The molecule has 0 unspecified atom stereocenters. The molecule has 0 heterocycles.